The molecule has 1 saturated heterocycles. The van der Waals surface area contributed by atoms with E-state index in [1.807, 2.05) is 0 Å². The predicted molar refractivity (Wildman–Crippen MR) is 74.0 cm³/mol. The van der Waals surface area contributed by atoms with Gasteiger partial charge in [0.05, 0.1) is 7.11 Å². The predicted octanol–water partition coefficient (Wildman–Crippen LogP) is 0.565. The lowest BCUT2D eigenvalue weighted by Crippen LogP contribution is -2.38. The molecule has 0 aliphatic carbocycles. The smallest absolute Gasteiger partial charge is 0.407 e. The van der Waals surface area contributed by atoms with E-state index in [0.29, 0.717) is 6.42 Å². The zero-order chi connectivity index (χ0) is 15.6. The topological polar surface area (TPSA) is 113 Å². The number of nitrogens with zero attached hydrogens (tertiary/aromatic N) is 1. The Hall–Kier alpha value is -1.65. The van der Waals surface area contributed by atoms with Crippen LogP contribution in [0.5, 0.6) is 0 Å². The Kier molecular flexibility index (Phi) is 4.49. The van der Waals surface area contributed by atoms with Crippen molar-refractivity contribution in [1.29, 1.82) is 0 Å². The number of carbonyl (C=O) groups is 2. The van der Waals surface area contributed by atoms with Crippen molar-refractivity contribution < 1.29 is 27.9 Å². The molecule has 1 fully saturated rings. The quantitative estimate of drug-likeness (QED) is 0.832. The van der Waals surface area contributed by atoms with Crippen molar-refractivity contribution in [1.82, 2.24) is 9.62 Å². The first-order chi connectivity index (χ1) is 9.86. The number of carboxylic acid groups (broad SMARTS) is 1. The molecule has 1 unspecified atom stereocenters. The van der Waals surface area contributed by atoms with Gasteiger partial charge in [-0.25, -0.2) is 18.0 Å². The largest absolute Gasteiger partial charge is 0.477 e. The summed E-state index contributed by atoms with van der Waals surface area (Å²) in [7, 11) is -2.65. The third-order valence-corrected chi connectivity index (χ3v) is 6.04. The molecule has 0 radical (unpaired) electrons. The fourth-order valence-corrected chi connectivity index (χ4v) is 4.82. The number of hydrogen-bond acceptors (Lipinski definition) is 6. The number of methoxy groups -OCH3 is 1. The molecule has 2 heterocycles. The zero-order valence-corrected chi connectivity index (χ0v) is 12.7. The second kappa shape index (κ2) is 6.00. The Morgan fingerprint density at radius 3 is 2.86 bits per heavy atom. The van der Waals surface area contributed by atoms with E-state index in [0.717, 1.165) is 11.3 Å². The summed E-state index contributed by atoms with van der Waals surface area (Å²) in [5.41, 5.74) is 0. The van der Waals surface area contributed by atoms with Crippen molar-refractivity contribution in [2.24, 2.45) is 0 Å². The minimum Gasteiger partial charge on any atom is -0.477 e. The third kappa shape index (κ3) is 3.17. The van der Waals surface area contributed by atoms with Crippen molar-refractivity contribution in [3.8, 4) is 0 Å². The summed E-state index contributed by atoms with van der Waals surface area (Å²) in [6.45, 7) is 0.304. The molecule has 21 heavy (non-hydrogen) atoms. The van der Waals surface area contributed by atoms with E-state index in [1.54, 1.807) is 0 Å². The first-order valence-corrected chi connectivity index (χ1v) is 8.33. The maximum absolute atomic E-state index is 12.4. The minimum atomic E-state index is -3.88. The highest BCUT2D eigenvalue weighted by Gasteiger charge is 2.36. The summed E-state index contributed by atoms with van der Waals surface area (Å²) in [6.07, 6.45) is -0.179. The van der Waals surface area contributed by atoms with Gasteiger partial charge in [0.1, 0.15) is 9.77 Å². The molecule has 0 aromatic carbocycles. The Labute approximate surface area is 125 Å². The summed E-state index contributed by atoms with van der Waals surface area (Å²) in [5.74, 6) is -1.27. The van der Waals surface area contributed by atoms with Crippen LogP contribution in [0.15, 0.2) is 16.3 Å². The average molecular weight is 334 g/mol. The van der Waals surface area contributed by atoms with Crippen LogP contribution in [0.1, 0.15) is 16.1 Å². The monoisotopic (exact) mass is 334 g/mol. The summed E-state index contributed by atoms with van der Waals surface area (Å²) in [5, 5.41) is 13.0. The van der Waals surface area contributed by atoms with E-state index in [1.165, 1.54) is 22.9 Å². The summed E-state index contributed by atoms with van der Waals surface area (Å²) >= 11 is 0.863. The van der Waals surface area contributed by atoms with E-state index in [-0.39, 0.29) is 28.9 Å². The van der Waals surface area contributed by atoms with Crippen LogP contribution >= 0.6 is 11.3 Å². The molecular weight excluding hydrogens is 320 g/mol. The molecule has 2 rings (SSSR count). The van der Waals surface area contributed by atoms with Gasteiger partial charge >= 0.3 is 12.1 Å². The number of alkyl carbamates (subject to hydrolysis) is 1. The Morgan fingerprint density at radius 2 is 2.24 bits per heavy atom. The van der Waals surface area contributed by atoms with Gasteiger partial charge in [-0.2, -0.15) is 4.31 Å². The van der Waals surface area contributed by atoms with Gasteiger partial charge in [0.2, 0.25) is 10.0 Å². The van der Waals surface area contributed by atoms with Crippen LogP contribution in [-0.4, -0.2) is 56.1 Å². The second-order valence-corrected chi connectivity index (χ2v) is 7.23. The standard InChI is InChI=1S/C11H14N2O6S2/c1-19-11(16)12-7-2-4-13(6-7)21(17,18)8-3-5-20-9(8)10(14)15/h3,5,7H,2,4,6H2,1H3,(H,12,16)(H,14,15). The molecule has 1 aliphatic rings. The van der Waals surface area contributed by atoms with Gasteiger partial charge in [-0.3, -0.25) is 0 Å². The molecule has 1 amide bonds. The minimum absolute atomic E-state index is 0.0896. The zero-order valence-electron chi connectivity index (χ0n) is 11.1. The van der Waals surface area contributed by atoms with Crippen LogP contribution in [0.25, 0.3) is 0 Å². The maximum atomic E-state index is 12.4. The van der Waals surface area contributed by atoms with Gasteiger partial charge < -0.3 is 15.2 Å². The number of hydrogen-bond donors (Lipinski definition) is 2. The number of aromatic carboxylic acids is 1. The number of nitrogens with one attached hydrogen (secondary N) is 1. The number of carboxylic acids is 1. The lowest BCUT2D eigenvalue weighted by molar-refractivity contribution is 0.0698. The van der Waals surface area contributed by atoms with Gasteiger partial charge in [-0.1, -0.05) is 0 Å². The number of amides is 1. The summed E-state index contributed by atoms with van der Waals surface area (Å²) in [4.78, 5) is 21.7. The van der Waals surface area contributed by atoms with Crippen molar-refractivity contribution in [3.05, 3.63) is 16.3 Å². The highest BCUT2D eigenvalue weighted by molar-refractivity contribution is 7.89. The third-order valence-electron chi connectivity index (χ3n) is 3.10. The molecule has 116 valence electrons. The average Bonchev–Trinajstić information content (AvgIpc) is 3.07. The highest BCUT2D eigenvalue weighted by atomic mass is 32.2. The van der Waals surface area contributed by atoms with E-state index in [4.69, 9.17) is 5.11 Å². The van der Waals surface area contributed by atoms with Crippen LogP contribution in [-0.2, 0) is 14.8 Å². The molecule has 1 aliphatic heterocycles. The fraction of sp³-hybridized carbons (Fsp3) is 0.455. The highest BCUT2D eigenvalue weighted by Crippen LogP contribution is 2.27. The molecule has 2 N–H and O–H groups in total. The van der Waals surface area contributed by atoms with Gasteiger partial charge in [-0.05, 0) is 17.9 Å². The Balaban J connectivity index is 2.16. The number of rotatable bonds is 4. The SMILES string of the molecule is COC(=O)NC1CCN(S(=O)(=O)c2ccsc2C(=O)O)C1. The van der Waals surface area contributed by atoms with Crippen LogP contribution in [0.4, 0.5) is 4.79 Å². The lowest BCUT2D eigenvalue weighted by atomic mass is 10.3. The van der Waals surface area contributed by atoms with Crippen LogP contribution in [0, 0.1) is 0 Å². The van der Waals surface area contributed by atoms with E-state index in [2.05, 4.69) is 10.1 Å². The summed E-state index contributed by atoms with van der Waals surface area (Å²) in [6, 6.07) is 0.934. The van der Waals surface area contributed by atoms with E-state index >= 15 is 0 Å². The van der Waals surface area contributed by atoms with Crippen molar-refractivity contribution in [3.63, 3.8) is 0 Å². The number of carbonyl (C=O) groups excluding carboxylic acids is 1. The molecule has 1 aromatic rings. The normalized spacial score (nSPS) is 19.4. The first kappa shape index (κ1) is 15.7. The molecule has 0 saturated carbocycles. The van der Waals surface area contributed by atoms with Crippen molar-refractivity contribution in [2.75, 3.05) is 20.2 Å². The molecule has 0 bridgehead atoms. The van der Waals surface area contributed by atoms with Gasteiger partial charge in [0.25, 0.3) is 0 Å². The lowest BCUT2D eigenvalue weighted by Gasteiger charge is -2.16. The van der Waals surface area contributed by atoms with Gasteiger partial charge in [-0.15, -0.1) is 11.3 Å². The van der Waals surface area contributed by atoms with Crippen LogP contribution < -0.4 is 5.32 Å². The van der Waals surface area contributed by atoms with Crippen LogP contribution in [0.2, 0.25) is 0 Å². The van der Waals surface area contributed by atoms with Crippen molar-refractivity contribution >= 4 is 33.4 Å². The number of sulfonamides is 1. The second-order valence-electron chi connectivity index (χ2n) is 4.40. The molecule has 0 spiro atoms. The molecule has 10 heteroatoms. The first-order valence-electron chi connectivity index (χ1n) is 6.01. The van der Waals surface area contributed by atoms with E-state index in [9.17, 15) is 18.0 Å². The van der Waals surface area contributed by atoms with Gasteiger partial charge in [0.15, 0.2) is 0 Å². The number of ether oxygens (including phenoxy) is 1. The van der Waals surface area contributed by atoms with E-state index < -0.39 is 22.1 Å². The number of thiophene rings is 1. The van der Waals surface area contributed by atoms with Crippen LogP contribution in [0.3, 0.4) is 0 Å². The molecule has 1 aromatic heterocycles. The maximum Gasteiger partial charge on any atom is 0.407 e. The summed E-state index contributed by atoms with van der Waals surface area (Å²) < 4.78 is 30.5. The Bertz CT molecular complexity index is 653. The van der Waals surface area contributed by atoms with Gasteiger partial charge in [0, 0.05) is 19.1 Å². The molecule has 1 atom stereocenters. The molecule has 8 nitrogen and oxygen atoms in total. The Morgan fingerprint density at radius 1 is 1.52 bits per heavy atom. The fourth-order valence-electron chi connectivity index (χ4n) is 2.09. The van der Waals surface area contributed by atoms with Crippen molar-refractivity contribution in [2.45, 2.75) is 17.4 Å². The molecular formula is C11H14N2O6S2.